The first kappa shape index (κ1) is 13.3. The first-order chi connectivity index (χ1) is 9.65. The van der Waals surface area contributed by atoms with Crippen LogP contribution in [0.3, 0.4) is 0 Å². The van der Waals surface area contributed by atoms with Gasteiger partial charge in [0, 0.05) is 13.7 Å². The Bertz CT molecular complexity index is 578. The molecule has 3 rings (SSSR count). The molecule has 20 heavy (non-hydrogen) atoms. The van der Waals surface area contributed by atoms with Gasteiger partial charge in [-0.2, -0.15) is 4.98 Å². The van der Waals surface area contributed by atoms with E-state index in [-0.39, 0.29) is 12.1 Å². The number of aryl methyl sites for hydroxylation is 2. The van der Waals surface area contributed by atoms with E-state index in [1.807, 2.05) is 26.0 Å². The molecule has 3 heterocycles. The van der Waals surface area contributed by atoms with Crippen molar-refractivity contribution >= 4 is 0 Å². The van der Waals surface area contributed by atoms with Crippen LogP contribution < -0.4 is 0 Å². The van der Waals surface area contributed by atoms with Crippen LogP contribution in [0.5, 0.6) is 0 Å². The second-order valence-electron chi connectivity index (χ2n) is 5.23. The van der Waals surface area contributed by atoms with Gasteiger partial charge in [-0.25, -0.2) is 0 Å². The molecule has 2 atom stereocenters. The van der Waals surface area contributed by atoms with Gasteiger partial charge in [0.15, 0.2) is 5.82 Å². The van der Waals surface area contributed by atoms with Crippen LogP contribution in [0.1, 0.15) is 35.7 Å². The SMILES string of the molecule is CO[C@@H]1C[C@H](c2nc(C)no2)N(Cc2ccc(C)o2)C1. The molecule has 0 bridgehead atoms. The number of nitrogens with zero attached hydrogens (tertiary/aromatic N) is 3. The summed E-state index contributed by atoms with van der Waals surface area (Å²) in [6.07, 6.45) is 1.04. The van der Waals surface area contributed by atoms with Crippen LogP contribution in [-0.4, -0.2) is 34.8 Å². The fourth-order valence-electron chi connectivity index (χ4n) is 2.68. The van der Waals surface area contributed by atoms with Crippen LogP contribution in [-0.2, 0) is 11.3 Å². The lowest BCUT2D eigenvalue weighted by atomic mass is 10.2. The maximum atomic E-state index is 5.65. The highest BCUT2D eigenvalue weighted by Crippen LogP contribution is 2.33. The minimum absolute atomic E-state index is 0.0894. The summed E-state index contributed by atoms with van der Waals surface area (Å²) in [4.78, 5) is 6.62. The number of methoxy groups -OCH3 is 1. The molecule has 0 spiro atoms. The summed E-state index contributed by atoms with van der Waals surface area (Å²) in [5.41, 5.74) is 0. The highest BCUT2D eigenvalue weighted by molar-refractivity contribution is 5.07. The van der Waals surface area contributed by atoms with Crippen LogP contribution >= 0.6 is 0 Å². The van der Waals surface area contributed by atoms with E-state index in [1.54, 1.807) is 7.11 Å². The van der Waals surface area contributed by atoms with E-state index in [4.69, 9.17) is 13.7 Å². The lowest BCUT2D eigenvalue weighted by molar-refractivity contribution is 0.106. The molecular formula is C14H19N3O3. The third-order valence-corrected chi connectivity index (χ3v) is 3.68. The van der Waals surface area contributed by atoms with Gasteiger partial charge in [0.05, 0.1) is 18.7 Å². The van der Waals surface area contributed by atoms with E-state index in [9.17, 15) is 0 Å². The minimum atomic E-state index is 0.0894. The smallest absolute Gasteiger partial charge is 0.244 e. The molecule has 108 valence electrons. The highest BCUT2D eigenvalue weighted by atomic mass is 16.5. The van der Waals surface area contributed by atoms with Gasteiger partial charge in [0.25, 0.3) is 0 Å². The van der Waals surface area contributed by atoms with E-state index in [0.29, 0.717) is 11.7 Å². The van der Waals surface area contributed by atoms with Gasteiger partial charge >= 0.3 is 0 Å². The van der Waals surface area contributed by atoms with E-state index < -0.39 is 0 Å². The van der Waals surface area contributed by atoms with Gasteiger partial charge in [0.2, 0.25) is 5.89 Å². The largest absolute Gasteiger partial charge is 0.465 e. The van der Waals surface area contributed by atoms with Crippen LogP contribution in [0.2, 0.25) is 0 Å². The van der Waals surface area contributed by atoms with Gasteiger partial charge in [-0.1, -0.05) is 5.16 Å². The third kappa shape index (κ3) is 2.62. The predicted octanol–water partition coefficient (Wildman–Crippen LogP) is 2.24. The summed E-state index contributed by atoms with van der Waals surface area (Å²) >= 11 is 0. The molecular weight excluding hydrogens is 258 g/mol. The molecule has 0 aromatic carbocycles. The number of ether oxygens (including phenoxy) is 1. The van der Waals surface area contributed by atoms with Crippen LogP contribution in [0, 0.1) is 13.8 Å². The Morgan fingerprint density at radius 3 is 2.85 bits per heavy atom. The maximum Gasteiger partial charge on any atom is 0.244 e. The van der Waals surface area contributed by atoms with Crippen molar-refractivity contribution in [3.8, 4) is 0 Å². The zero-order chi connectivity index (χ0) is 14.1. The maximum absolute atomic E-state index is 5.65. The lowest BCUT2D eigenvalue weighted by Gasteiger charge is -2.19. The lowest BCUT2D eigenvalue weighted by Crippen LogP contribution is -2.24. The average molecular weight is 277 g/mol. The molecule has 1 fully saturated rings. The number of likely N-dealkylation sites (tertiary alicyclic amines) is 1. The molecule has 0 N–H and O–H groups in total. The summed E-state index contributed by atoms with van der Waals surface area (Å²) in [7, 11) is 1.74. The summed E-state index contributed by atoms with van der Waals surface area (Å²) in [5, 5.41) is 3.88. The molecule has 6 heteroatoms. The van der Waals surface area contributed by atoms with Crippen molar-refractivity contribution in [1.29, 1.82) is 0 Å². The first-order valence-electron chi connectivity index (χ1n) is 6.78. The third-order valence-electron chi connectivity index (χ3n) is 3.68. The van der Waals surface area contributed by atoms with Gasteiger partial charge < -0.3 is 13.7 Å². The summed E-state index contributed by atoms with van der Waals surface area (Å²) in [6.45, 7) is 5.34. The molecule has 0 aliphatic carbocycles. The zero-order valence-corrected chi connectivity index (χ0v) is 12.0. The van der Waals surface area contributed by atoms with E-state index in [1.165, 1.54) is 0 Å². The number of furan rings is 1. The zero-order valence-electron chi connectivity index (χ0n) is 12.0. The standard InChI is InChI=1S/C14H19N3O3/c1-9-4-5-11(19-9)7-17-8-12(18-3)6-13(17)14-15-10(2)16-20-14/h4-5,12-13H,6-8H2,1-3H3/t12-,13-/m1/s1. The van der Waals surface area contributed by atoms with E-state index in [2.05, 4.69) is 15.0 Å². The summed E-state index contributed by atoms with van der Waals surface area (Å²) in [6, 6.07) is 4.07. The Hall–Kier alpha value is -1.66. The number of rotatable bonds is 4. The van der Waals surface area contributed by atoms with Crippen LogP contribution in [0.25, 0.3) is 0 Å². The number of hydrogen-bond acceptors (Lipinski definition) is 6. The van der Waals surface area contributed by atoms with Crippen molar-refractivity contribution in [3.63, 3.8) is 0 Å². The molecule has 0 saturated carbocycles. The van der Waals surface area contributed by atoms with E-state index >= 15 is 0 Å². The molecule has 1 aliphatic heterocycles. The van der Waals surface area contributed by atoms with Crippen LogP contribution in [0.15, 0.2) is 21.1 Å². The van der Waals surface area contributed by atoms with Crippen molar-refractivity contribution in [3.05, 3.63) is 35.4 Å². The Morgan fingerprint density at radius 1 is 1.40 bits per heavy atom. The molecule has 1 aliphatic rings. The molecule has 2 aromatic rings. The van der Waals surface area contributed by atoms with Gasteiger partial charge in [-0.15, -0.1) is 0 Å². The van der Waals surface area contributed by atoms with Crippen molar-refractivity contribution in [1.82, 2.24) is 15.0 Å². The van der Waals surface area contributed by atoms with Crippen molar-refractivity contribution in [2.75, 3.05) is 13.7 Å². The Kier molecular flexibility index (Phi) is 3.58. The second kappa shape index (κ2) is 5.38. The van der Waals surface area contributed by atoms with Crippen molar-refractivity contribution < 1.29 is 13.7 Å². The molecule has 1 saturated heterocycles. The Labute approximate surface area is 117 Å². The van der Waals surface area contributed by atoms with Crippen molar-refractivity contribution in [2.45, 2.75) is 39.0 Å². The van der Waals surface area contributed by atoms with E-state index in [0.717, 1.165) is 31.0 Å². The fraction of sp³-hybridized carbons (Fsp3) is 0.571. The van der Waals surface area contributed by atoms with Gasteiger partial charge in [-0.05, 0) is 32.4 Å². The Balaban J connectivity index is 1.79. The summed E-state index contributed by atoms with van der Waals surface area (Å²) in [5.74, 6) is 3.19. The normalized spacial score (nSPS) is 23.6. The van der Waals surface area contributed by atoms with Crippen molar-refractivity contribution in [2.24, 2.45) is 0 Å². The Morgan fingerprint density at radius 2 is 2.25 bits per heavy atom. The van der Waals surface area contributed by atoms with Gasteiger partial charge in [0.1, 0.15) is 11.5 Å². The molecule has 6 nitrogen and oxygen atoms in total. The predicted molar refractivity (Wildman–Crippen MR) is 71.0 cm³/mol. The highest BCUT2D eigenvalue weighted by Gasteiger charge is 2.37. The minimum Gasteiger partial charge on any atom is -0.465 e. The second-order valence-corrected chi connectivity index (χ2v) is 5.23. The molecule has 0 unspecified atom stereocenters. The molecule has 0 radical (unpaired) electrons. The first-order valence-corrected chi connectivity index (χ1v) is 6.78. The number of hydrogen-bond donors (Lipinski definition) is 0. The quantitative estimate of drug-likeness (QED) is 0.854. The average Bonchev–Trinajstić information content (AvgIpc) is 3.11. The summed E-state index contributed by atoms with van der Waals surface area (Å²) < 4.78 is 16.5. The monoisotopic (exact) mass is 277 g/mol. The van der Waals surface area contributed by atoms with Gasteiger partial charge in [-0.3, -0.25) is 4.90 Å². The molecule has 0 amide bonds. The topological polar surface area (TPSA) is 64.5 Å². The number of aromatic nitrogens is 2. The fourth-order valence-corrected chi connectivity index (χ4v) is 2.68. The van der Waals surface area contributed by atoms with Crippen LogP contribution in [0.4, 0.5) is 0 Å². The molecule has 2 aromatic heterocycles.